The molecule has 29 heavy (non-hydrogen) atoms. The molecule has 0 bridgehead atoms. The van der Waals surface area contributed by atoms with Gasteiger partial charge in [0.2, 0.25) is 0 Å². The fraction of sp³-hybridized carbons (Fsp3) is 0.421. The lowest BCUT2D eigenvalue weighted by Crippen LogP contribution is -2.51. The van der Waals surface area contributed by atoms with Crippen LogP contribution in [0.1, 0.15) is 23.6 Å². The summed E-state index contributed by atoms with van der Waals surface area (Å²) in [7, 11) is 0. The summed E-state index contributed by atoms with van der Waals surface area (Å²) in [6, 6.07) is 3.42. The van der Waals surface area contributed by atoms with Crippen LogP contribution in [0.3, 0.4) is 0 Å². The zero-order valence-corrected chi connectivity index (χ0v) is 15.5. The minimum atomic E-state index is -4.40. The Labute approximate surface area is 165 Å². The number of halogens is 3. The van der Waals surface area contributed by atoms with Crippen LogP contribution in [0, 0.1) is 0 Å². The maximum atomic E-state index is 13.0. The van der Waals surface area contributed by atoms with Gasteiger partial charge in [-0.3, -0.25) is 15.2 Å². The van der Waals surface area contributed by atoms with Crippen molar-refractivity contribution in [1.29, 1.82) is 0 Å². The molecule has 1 unspecified atom stereocenters. The highest BCUT2D eigenvalue weighted by atomic mass is 19.4. The minimum absolute atomic E-state index is 0.0220. The summed E-state index contributed by atoms with van der Waals surface area (Å²) < 4.78 is 44.4. The standard InChI is InChI=1S/C19H20F3N5O2/c20-19(21,22)13-1-2-14-15(3-10-29-16(14)11-13)26-6-8-27(9-7-26)18(28)25-17-12-23-4-5-24-17/h1-2,4-5,11-12,15H,3,6-10H2,(H,24,25,28). The monoisotopic (exact) mass is 407 g/mol. The number of hydrogen-bond donors (Lipinski definition) is 1. The van der Waals surface area contributed by atoms with E-state index in [1.54, 1.807) is 4.90 Å². The number of nitrogens with zero attached hydrogens (tertiary/aromatic N) is 4. The molecule has 4 rings (SSSR count). The minimum Gasteiger partial charge on any atom is -0.493 e. The second-order valence-electron chi connectivity index (χ2n) is 6.95. The molecule has 1 atom stereocenters. The number of hydrogen-bond acceptors (Lipinski definition) is 5. The first-order chi connectivity index (χ1) is 13.9. The number of piperazine rings is 1. The fourth-order valence-corrected chi connectivity index (χ4v) is 3.72. The zero-order chi connectivity index (χ0) is 20.4. The van der Waals surface area contributed by atoms with Crippen LogP contribution in [0.2, 0.25) is 0 Å². The molecule has 10 heteroatoms. The number of fused-ring (bicyclic) bond motifs is 1. The van der Waals surface area contributed by atoms with Crippen LogP contribution in [-0.4, -0.2) is 58.6 Å². The summed E-state index contributed by atoms with van der Waals surface area (Å²) in [4.78, 5) is 24.2. The van der Waals surface area contributed by atoms with E-state index < -0.39 is 11.7 Å². The van der Waals surface area contributed by atoms with Gasteiger partial charge in [0.25, 0.3) is 0 Å². The van der Waals surface area contributed by atoms with E-state index in [4.69, 9.17) is 4.74 Å². The highest BCUT2D eigenvalue weighted by Crippen LogP contribution is 2.40. The number of rotatable bonds is 2. The molecule has 3 heterocycles. The number of aromatic nitrogens is 2. The van der Waals surface area contributed by atoms with Crippen molar-refractivity contribution in [2.24, 2.45) is 0 Å². The summed E-state index contributed by atoms with van der Waals surface area (Å²) in [5.41, 5.74) is 0.0594. The van der Waals surface area contributed by atoms with Crippen LogP contribution in [0.25, 0.3) is 0 Å². The van der Waals surface area contributed by atoms with Gasteiger partial charge >= 0.3 is 12.2 Å². The molecular weight excluding hydrogens is 387 g/mol. The lowest BCUT2D eigenvalue weighted by Gasteiger charge is -2.41. The molecule has 2 aliphatic rings. The van der Waals surface area contributed by atoms with Crippen molar-refractivity contribution in [3.8, 4) is 5.75 Å². The Morgan fingerprint density at radius 1 is 1.17 bits per heavy atom. The molecule has 0 radical (unpaired) electrons. The smallest absolute Gasteiger partial charge is 0.416 e. The average Bonchev–Trinajstić information content (AvgIpc) is 2.73. The van der Waals surface area contributed by atoms with Gasteiger partial charge in [-0.25, -0.2) is 9.78 Å². The highest BCUT2D eigenvalue weighted by molar-refractivity contribution is 5.88. The van der Waals surface area contributed by atoms with E-state index in [2.05, 4.69) is 20.2 Å². The molecule has 0 spiro atoms. The molecule has 2 aromatic rings. The van der Waals surface area contributed by atoms with Crippen LogP contribution in [-0.2, 0) is 6.18 Å². The molecule has 2 aliphatic heterocycles. The summed E-state index contributed by atoms with van der Waals surface area (Å²) in [5.74, 6) is 0.678. The Kier molecular flexibility index (Phi) is 5.27. The Morgan fingerprint density at radius 2 is 1.97 bits per heavy atom. The normalized spacial score (nSPS) is 20.0. The first-order valence-electron chi connectivity index (χ1n) is 9.32. The first kappa shape index (κ1) is 19.4. The van der Waals surface area contributed by atoms with Gasteiger partial charge in [0, 0.05) is 56.6 Å². The summed E-state index contributed by atoms with van der Waals surface area (Å²) in [6.45, 7) is 2.64. The van der Waals surface area contributed by atoms with Crippen molar-refractivity contribution in [3.63, 3.8) is 0 Å². The lowest BCUT2D eigenvalue weighted by molar-refractivity contribution is -0.137. The molecule has 0 aliphatic carbocycles. The molecule has 2 amide bonds. The van der Waals surface area contributed by atoms with E-state index in [1.807, 2.05) is 0 Å². The van der Waals surface area contributed by atoms with Gasteiger partial charge in [-0.2, -0.15) is 13.2 Å². The molecule has 1 saturated heterocycles. The number of ether oxygens (including phenoxy) is 1. The van der Waals surface area contributed by atoms with Crippen LogP contribution >= 0.6 is 0 Å². The van der Waals surface area contributed by atoms with E-state index >= 15 is 0 Å². The topological polar surface area (TPSA) is 70.6 Å². The van der Waals surface area contributed by atoms with Crippen LogP contribution < -0.4 is 10.1 Å². The quantitative estimate of drug-likeness (QED) is 0.828. The van der Waals surface area contributed by atoms with Crippen molar-refractivity contribution in [2.45, 2.75) is 18.6 Å². The van der Waals surface area contributed by atoms with Crippen molar-refractivity contribution in [2.75, 3.05) is 38.1 Å². The number of carbonyl (C=O) groups is 1. The Bertz CT molecular complexity index is 870. The molecule has 7 nitrogen and oxygen atoms in total. The summed E-state index contributed by atoms with van der Waals surface area (Å²) in [5, 5.41) is 2.71. The van der Waals surface area contributed by atoms with Crippen LogP contribution in [0.4, 0.5) is 23.8 Å². The average molecular weight is 407 g/mol. The zero-order valence-electron chi connectivity index (χ0n) is 15.5. The summed E-state index contributed by atoms with van der Waals surface area (Å²) in [6.07, 6.45) is 0.804. The molecule has 1 aromatic heterocycles. The van der Waals surface area contributed by atoms with Crippen LogP contribution in [0.15, 0.2) is 36.8 Å². The highest BCUT2D eigenvalue weighted by Gasteiger charge is 2.35. The van der Waals surface area contributed by atoms with Crippen LogP contribution in [0.5, 0.6) is 5.75 Å². The number of benzene rings is 1. The van der Waals surface area contributed by atoms with E-state index in [0.717, 1.165) is 17.7 Å². The van der Waals surface area contributed by atoms with Gasteiger partial charge < -0.3 is 9.64 Å². The SMILES string of the molecule is O=C(Nc1cnccn1)N1CCN(C2CCOc3cc(C(F)(F)F)ccc32)CC1. The first-order valence-corrected chi connectivity index (χ1v) is 9.32. The fourth-order valence-electron chi connectivity index (χ4n) is 3.72. The molecule has 1 aromatic carbocycles. The lowest BCUT2D eigenvalue weighted by atomic mass is 9.96. The number of alkyl halides is 3. The van der Waals surface area contributed by atoms with Crippen molar-refractivity contribution < 1.29 is 22.7 Å². The van der Waals surface area contributed by atoms with Gasteiger partial charge in [0.15, 0.2) is 5.82 Å². The van der Waals surface area contributed by atoms with Gasteiger partial charge in [0.1, 0.15) is 5.75 Å². The molecule has 1 fully saturated rings. The third-order valence-corrected chi connectivity index (χ3v) is 5.19. The van der Waals surface area contributed by atoms with E-state index in [0.29, 0.717) is 50.8 Å². The van der Waals surface area contributed by atoms with Crippen molar-refractivity contribution in [3.05, 3.63) is 47.9 Å². The van der Waals surface area contributed by atoms with Crippen molar-refractivity contribution in [1.82, 2.24) is 19.8 Å². The van der Waals surface area contributed by atoms with E-state index in [-0.39, 0.29) is 12.1 Å². The molecular formula is C19H20F3N5O2. The molecule has 154 valence electrons. The molecule has 0 saturated carbocycles. The maximum absolute atomic E-state index is 13.0. The number of urea groups is 1. The number of carbonyl (C=O) groups excluding carboxylic acids is 1. The van der Waals surface area contributed by atoms with Gasteiger partial charge in [-0.1, -0.05) is 6.07 Å². The van der Waals surface area contributed by atoms with Gasteiger partial charge in [0.05, 0.1) is 18.4 Å². The third-order valence-electron chi connectivity index (χ3n) is 5.19. The molecule has 1 N–H and O–H groups in total. The third kappa shape index (κ3) is 4.26. The maximum Gasteiger partial charge on any atom is 0.416 e. The van der Waals surface area contributed by atoms with Crippen molar-refractivity contribution >= 4 is 11.8 Å². The van der Waals surface area contributed by atoms with E-state index in [9.17, 15) is 18.0 Å². The number of amides is 2. The predicted octanol–water partition coefficient (Wildman–Crippen LogP) is 3.17. The Morgan fingerprint density at radius 3 is 2.66 bits per heavy atom. The summed E-state index contributed by atoms with van der Waals surface area (Å²) >= 11 is 0. The number of anilines is 1. The Hall–Kier alpha value is -2.88. The second kappa shape index (κ2) is 7.86. The van der Waals surface area contributed by atoms with Gasteiger partial charge in [-0.15, -0.1) is 0 Å². The van der Waals surface area contributed by atoms with Gasteiger partial charge in [-0.05, 0) is 12.1 Å². The predicted molar refractivity (Wildman–Crippen MR) is 98.5 cm³/mol. The second-order valence-corrected chi connectivity index (χ2v) is 6.95. The largest absolute Gasteiger partial charge is 0.493 e. The Balaban J connectivity index is 1.40. The van der Waals surface area contributed by atoms with E-state index in [1.165, 1.54) is 24.7 Å². The number of nitrogens with one attached hydrogen (secondary N) is 1.